The minimum atomic E-state index is -0.383. The number of aromatic nitrogens is 3. The molecule has 2 aromatic heterocycles. The van der Waals surface area contributed by atoms with Crippen molar-refractivity contribution in [1.82, 2.24) is 14.8 Å². The van der Waals surface area contributed by atoms with Crippen LogP contribution in [0.4, 0.5) is 5.82 Å². The normalized spacial score (nSPS) is 12.4. The molecular formula is C15H21N5O2S2. The van der Waals surface area contributed by atoms with Gasteiger partial charge in [-0.25, -0.2) is 9.67 Å². The number of aryl methyl sites for hydroxylation is 1. The van der Waals surface area contributed by atoms with Gasteiger partial charge in [0, 0.05) is 17.0 Å². The lowest BCUT2D eigenvalue weighted by atomic mass is 10.3. The molecule has 7 nitrogen and oxygen atoms in total. The van der Waals surface area contributed by atoms with Crippen LogP contribution in [0.5, 0.6) is 0 Å². The number of thioether (sulfide) groups is 1. The molecule has 24 heavy (non-hydrogen) atoms. The number of hydrogen-bond donors (Lipinski definition) is 2. The van der Waals surface area contributed by atoms with Gasteiger partial charge in [-0.15, -0.1) is 11.3 Å². The first-order valence-electron chi connectivity index (χ1n) is 7.53. The highest BCUT2D eigenvalue weighted by atomic mass is 32.2. The van der Waals surface area contributed by atoms with E-state index in [0.717, 1.165) is 14.9 Å². The van der Waals surface area contributed by atoms with Crippen LogP contribution in [0.2, 0.25) is 0 Å². The molecule has 0 saturated heterocycles. The average molecular weight is 368 g/mol. The van der Waals surface area contributed by atoms with E-state index in [1.54, 1.807) is 16.9 Å². The van der Waals surface area contributed by atoms with Gasteiger partial charge in [-0.1, -0.05) is 11.8 Å². The maximum absolute atomic E-state index is 12.4. The summed E-state index contributed by atoms with van der Waals surface area (Å²) in [5.41, 5.74) is 6.01. The Morgan fingerprint density at radius 3 is 2.75 bits per heavy atom. The van der Waals surface area contributed by atoms with Gasteiger partial charge in [0.2, 0.25) is 11.8 Å². The highest BCUT2D eigenvalue weighted by molar-refractivity contribution is 8.02. The molecule has 0 aliphatic rings. The van der Waals surface area contributed by atoms with Gasteiger partial charge in [-0.2, -0.15) is 5.10 Å². The first kappa shape index (κ1) is 18.5. The fourth-order valence-corrected chi connectivity index (χ4v) is 4.42. The minimum absolute atomic E-state index is 0.119. The fourth-order valence-electron chi connectivity index (χ4n) is 2.03. The second-order valence-electron chi connectivity index (χ2n) is 5.64. The van der Waals surface area contributed by atoms with Crippen molar-refractivity contribution < 1.29 is 9.59 Å². The van der Waals surface area contributed by atoms with Crippen molar-refractivity contribution >= 4 is 40.7 Å². The number of primary amides is 1. The van der Waals surface area contributed by atoms with Crippen LogP contribution < -0.4 is 11.1 Å². The summed E-state index contributed by atoms with van der Waals surface area (Å²) in [7, 11) is 0. The number of hydrogen-bond acceptors (Lipinski definition) is 6. The fraction of sp³-hybridized carbons (Fsp3) is 0.467. The second kappa shape index (κ2) is 7.80. The lowest BCUT2D eigenvalue weighted by Gasteiger charge is -2.14. The molecule has 0 aliphatic carbocycles. The highest BCUT2D eigenvalue weighted by Gasteiger charge is 2.20. The Hall–Kier alpha value is -1.87. The van der Waals surface area contributed by atoms with E-state index in [4.69, 9.17) is 5.73 Å². The van der Waals surface area contributed by atoms with Crippen molar-refractivity contribution in [2.24, 2.45) is 5.73 Å². The van der Waals surface area contributed by atoms with Crippen molar-refractivity contribution in [3.63, 3.8) is 0 Å². The summed E-state index contributed by atoms with van der Waals surface area (Å²) in [6, 6.07) is 1.93. The standard InChI is InChI=1S/C15H21N5O2S2/c1-8(2)20-13(5-6-17-20)19-14(22)10(4)23-15-18-9(3)11(24-15)7-12(16)21/h5-6,8,10H,7H2,1-4H3,(H2,16,21)(H,19,22). The van der Waals surface area contributed by atoms with E-state index in [9.17, 15) is 9.59 Å². The Morgan fingerprint density at radius 2 is 2.12 bits per heavy atom. The first-order chi connectivity index (χ1) is 11.3. The van der Waals surface area contributed by atoms with Crippen molar-refractivity contribution in [3.05, 3.63) is 22.8 Å². The lowest BCUT2D eigenvalue weighted by molar-refractivity contribution is -0.117. The summed E-state index contributed by atoms with van der Waals surface area (Å²) in [6.07, 6.45) is 1.84. The Balaban J connectivity index is 2.01. The molecule has 0 radical (unpaired) electrons. The van der Waals surface area contributed by atoms with Crippen LogP contribution in [0.25, 0.3) is 0 Å². The van der Waals surface area contributed by atoms with Crippen molar-refractivity contribution in [3.8, 4) is 0 Å². The average Bonchev–Trinajstić information content (AvgIpc) is 3.05. The predicted molar refractivity (Wildman–Crippen MR) is 96.3 cm³/mol. The molecule has 0 fully saturated rings. The van der Waals surface area contributed by atoms with Crippen LogP contribution in [0.1, 0.15) is 37.4 Å². The SMILES string of the molecule is Cc1nc(SC(C)C(=O)Nc2ccnn2C(C)C)sc1CC(N)=O. The van der Waals surface area contributed by atoms with Gasteiger partial charge in [-0.3, -0.25) is 9.59 Å². The maximum Gasteiger partial charge on any atom is 0.238 e. The quantitative estimate of drug-likeness (QED) is 0.731. The van der Waals surface area contributed by atoms with Gasteiger partial charge < -0.3 is 11.1 Å². The predicted octanol–water partition coefficient (Wildman–Crippen LogP) is 2.38. The van der Waals surface area contributed by atoms with Gasteiger partial charge in [0.1, 0.15) is 5.82 Å². The molecule has 3 N–H and O–H groups in total. The summed E-state index contributed by atoms with van der Waals surface area (Å²) in [6.45, 7) is 7.66. The molecule has 0 bridgehead atoms. The molecule has 130 valence electrons. The largest absolute Gasteiger partial charge is 0.369 e. The van der Waals surface area contributed by atoms with Crippen LogP contribution >= 0.6 is 23.1 Å². The maximum atomic E-state index is 12.4. The van der Waals surface area contributed by atoms with E-state index in [2.05, 4.69) is 15.4 Å². The third-order valence-corrected chi connectivity index (χ3v) is 5.62. The van der Waals surface area contributed by atoms with Crippen molar-refractivity contribution in [1.29, 1.82) is 0 Å². The van der Waals surface area contributed by atoms with Crippen molar-refractivity contribution in [2.75, 3.05) is 5.32 Å². The Bertz CT molecular complexity index is 738. The zero-order valence-corrected chi connectivity index (χ0v) is 15.7. The number of anilines is 1. The third kappa shape index (κ3) is 4.57. The molecule has 0 aliphatic heterocycles. The molecular weight excluding hydrogens is 346 g/mol. The summed E-state index contributed by atoms with van der Waals surface area (Å²) in [5, 5.41) is 6.76. The van der Waals surface area contributed by atoms with Crippen LogP contribution in [0.15, 0.2) is 16.6 Å². The van der Waals surface area contributed by atoms with Gasteiger partial charge in [-0.05, 0) is 27.7 Å². The molecule has 2 amide bonds. The summed E-state index contributed by atoms with van der Waals surface area (Å²) < 4.78 is 2.51. The molecule has 2 heterocycles. The Morgan fingerprint density at radius 1 is 1.42 bits per heavy atom. The van der Waals surface area contributed by atoms with E-state index >= 15 is 0 Å². The van der Waals surface area contributed by atoms with Crippen LogP contribution in [-0.4, -0.2) is 31.8 Å². The zero-order chi connectivity index (χ0) is 17.9. The summed E-state index contributed by atoms with van der Waals surface area (Å²) >= 11 is 2.77. The topological polar surface area (TPSA) is 103 Å². The molecule has 0 saturated carbocycles. The molecule has 0 spiro atoms. The number of carbonyl (C=O) groups is 2. The molecule has 2 aromatic rings. The van der Waals surface area contributed by atoms with E-state index < -0.39 is 0 Å². The van der Waals surface area contributed by atoms with Crippen molar-refractivity contribution in [2.45, 2.75) is 49.7 Å². The number of thiazole rings is 1. The second-order valence-corrected chi connectivity index (χ2v) is 8.31. The number of carbonyl (C=O) groups excluding carboxylic acids is 2. The van der Waals surface area contributed by atoms with E-state index in [0.29, 0.717) is 5.82 Å². The number of nitrogens with one attached hydrogen (secondary N) is 1. The Labute approximate surface area is 149 Å². The van der Waals surface area contributed by atoms with Crippen LogP contribution in [0, 0.1) is 6.92 Å². The Kier molecular flexibility index (Phi) is 6.00. The molecule has 1 atom stereocenters. The minimum Gasteiger partial charge on any atom is -0.369 e. The van der Waals surface area contributed by atoms with E-state index in [1.165, 1.54) is 23.1 Å². The van der Waals surface area contributed by atoms with Crippen LogP contribution in [-0.2, 0) is 16.0 Å². The van der Waals surface area contributed by atoms with Gasteiger partial charge in [0.05, 0.1) is 23.6 Å². The lowest BCUT2D eigenvalue weighted by Crippen LogP contribution is -2.24. The highest BCUT2D eigenvalue weighted by Crippen LogP contribution is 2.31. The van der Waals surface area contributed by atoms with Gasteiger partial charge in [0.25, 0.3) is 0 Å². The number of nitrogens with zero attached hydrogens (tertiary/aromatic N) is 3. The van der Waals surface area contributed by atoms with E-state index in [1.807, 2.05) is 27.7 Å². The molecule has 2 rings (SSSR count). The number of rotatable bonds is 7. The van der Waals surface area contributed by atoms with Crippen LogP contribution in [0.3, 0.4) is 0 Å². The summed E-state index contributed by atoms with van der Waals surface area (Å²) in [5.74, 6) is 0.171. The van der Waals surface area contributed by atoms with E-state index in [-0.39, 0.29) is 29.5 Å². The zero-order valence-electron chi connectivity index (χ0n) is 14.1. The van der Waals surface area contributed by atoms with Gasteiger partial charge in [0.15, 0.2) is 4.34 Å². The smallest absolute Gasteiger partial charge is 0.238 e. The van der Waals surface area contributed by atoms with Gasteiger partial charge >= 0.3 is 0 Å². The first-order valence-corrected chi connectivity index (χ1v) is 9.23. The molecule has 0 aromatic carbocycles. The molecule has 9 heteroatoms. The summed E-state index contributed by atoms with van der Waals surface area (Å²) in [4.78, 5) is 28.7. The monoisotopic (exact) mass is 367 g/mol. The molecule has 1 unspecified atom stereocenters. The number of amides is 2. The third-order valence-electron chi connectivity index (χ3n) is 3.27. The number of nitrogens with two attached hydrogens (primary N) is 1.